The van der Waals surface area contributed by atoms with E-state index in [-0.39, 0.29) is 17.7 Å². The molecule has 146 valence electrons. The molecule has 2 aromatic carbocycles. The first-order valence-electron chi connectivity index (χ1n) is 9.99. The summed E-state index contributed by atoms with van der Waals surface area (Å²) >= 11 is 0. The van der Waals surface area contributed by atoms with Crippen LogP contribution >= 0.6 is 0 Å². The Morgan fingerprint density at radius 1 is 0.893 bits per heavy atom. The molecular weight excluding hydrogens is 350 g/mol. The Bertz CT molecular complexity index is 870. The molecule has 0 radical (unpaired) electrons. The molecule has 28 heavy (non-hydrogen) atoms. The normalized spacial score (nSPS) is 20.0. The van der Waals surface area contributed by atoms with E-state index >= 15 is 0 Å². The SMILES string of the molecule is Cc1ccc(N2C[C@@H](C(=O)N3CCN(c4cccc(C)c4)CC3)CC2=O)cc1. The Morgan fingerprint density at radius 2 is 1.61 bits per heavy atom. The highest BCUT2D eigenvalue weighted by Gasteiger charge is 2.37. The maximum atomic E-state index is 13.0. The Morgan fingerprint density at radius 3 is 2.29 bits per heavy atom. The third-order valence-corrected chi connectivity index (χ3v) is 5.78. The van der Waals surface area contributed by atoms with Crippen molar-refractivity contribution in [2.45, 2.75) is 20.3 Å². The lowest BCUT2D eigenvalue weighted by atomic mass is 10.1. The highest BCUT2D eigenvalue weighted by molar-refractivity contribution is 6.00. The van der Waals surface area contributed by atoms with Gasteiger partial charge in [0.1, 0.15) is 0 Å². The molecule has 0 bridgehead atoms. The van der Waals surface area contributed by atoms with Crippen LogP contribution in [0, 0.1) is 19.8 Å². The average molecular weight is 377 g/mol. The van der Waals surface area contributed by atoms with Gasteiger partial charge in [-0.25, -0.2) is 0 Å². The summed E-state index contributed by atoms with van der Waals surface area (Å²) < 4.78 is 0. The first kappa shape index (κ1) is 18.5. The van der Waals surface area contributed by atoms with Crippen LogP contribution in [-0.2, 0) is 9.59 Å². The molecule has 2 heterocycles. The minimum Gasteiger partial charge on any atom is -0.368 e. The number of piperazine rings is 1. The third-order valence-electron chi connectivity index (χ3n) is 5.78. The van der Waals surface area contributed by atoms with Crippen molar-refractivity contribution < 1.29 is 9.59 Å². The lowest BCUT2D eigenvalue weighted by molar-refractivity contribution is -0.136. The van der Waals surface area contributed by atoms with Crippen molar-refractivity contribution in [2.24, 2.45) is 5.92 Å². The summed E-state index contributed by atoms with van der Waals surface area (Å²) in [5.41, 5.74) is 4.51. The molecule has 0 unspecified atom stereocenters. The molecule has 4 rings (SSSR count). The van der Waals surface area contributed by atoms with E-state index in [1.165, 1.54) is 11.3 Å². The molecule has 2 amide bonds. The highest BCUT2D eigenvalue weighted by atomic mass is 16.2. The summed E-state index contributed by atoms with van der Waals surface area (Å²) in [6.45, 7) is 7.69. The fourth-order valence-electron chi connectivity index (χ4n) is 4.12. The smallest absolute Gasteiger partial charge is 0.228 e. The lowest BCUT2D eigenvalue weighted by Crippen LogP contribution is -2.50. The lowest BCUT2D eigenvalue weighted by Gasteiger charge is -2.37. The number of amides is 2. The summed E-state index contributed by atoms with van der Waals surface area (Å²) in [5.74, 6) is -0.0771. The highest BCUT2D eigenvalue weighted by Crippen LogP contribution is 2.27. The van der Waals surface area contributed by atoms with Crippen LogP contribution in [0.15, 0.2) is 48.5 Å². The maximum Gasteiger partial charge on any atom is 0.228 e. The van der Waals surface area contributed by atoms with Gasteiger partial charge >= 0.3 is 0 Å². The molecule has 0 N–H and O–H groups in total. The number of aryl methyl sites for hydroxylation is 2. The van der Waals surface area contributed by atoms with Gasteiger partial charge in [0.25, 0.3) is 0 Å². The second-order valence-corrected chi connectivity index (χ2v) is 7.89. The number of anilines is 2. The van der Waals surface area contributed by atoms with E-state index in [2.05, 4.69) is 36.1 Å². The van der Waals surface area contributed by atoms with Crippen LogP contribution in [0.1, 0.15) is 17.5 Å². The predicted octanol–water partition coefficient (Wildman–Crippen LogP) is 3.01. The Kier molecular flexibility index (Phi) is 5.07. The number of carbonyl (C=O) groups excluding carboxylic acids is 2. The third kappa shape index (κ3) is 3.75. The second kappa shape index (κ2) is 7.66. The van der Waals surface area contributed by atoms with Crippen molar-refractivity contribution in [3.8, 4) is 0 Å². The Balaban J connectivity index is 1.36. The van der Waals surface area contributed by atoms with Gasteiger partial charge in [-0.3, -0.25) is 9.59 Å². The van der Waals surface area contributed by atoms with Gasteiger partial charge in [0.05, 0.1) is 5.92 Å². The van der Waals surface area contributed by atoms with Crippen LogP contribution in [0.4, 0.5) is 11.4 Å². The van der Waals surface area contributed by atoms with Gasteiger partial charge in [-0.1, -0.05) is 29.8 Å². The summed E-state index contributed by atoms with van der Waals surface area (Å²) in [4.78, 5) is 31.5. The van der Waals surface area contributed by atoms with Crippen molar-refractivity contribution in [3.63, 3.8) is 0 Å². The Hall–Kier alpha value is -2.82. The number of carbonyl (C=O) groups is 2. The minimum absolute atomic E-state index is 0.0422. The molecule has 0 aromatic heterocycles. The molecular formula is C23H27N3O2. The molecule has 2 saturated heterocycles. The van der Waals surface area contributed by atoms with Crippen LogP contribution < -0.4 is 9.80 Å². The summed E-state index contributed by atoms with van der Waals surface area (Å²) in [6, 6.07) is 16.4. The van der Waals surface area contributed by atoms with Crippen LogP contribution in [0.5, 0.6) is 0 Å². The summed E-state index contributed by atoms with van der Waals surface area (Å²) in [7, 11) is 0. The first-order chi connectivity index (χ1) is 13.5. The van der Waals surface area contributed by atoms with Gasteiger partial charge in [-0.15, -0.1) is 0 Å². The van der Waals surface area contributed by atoms with Gasteiger partial charge in [0, 0.05) is 50.5 Å². The standard InChI is InChI=1S/C23H27N3O2/c1-17-6-8-20(9-7-17)26-16-19(15-22(26)27)23(28)25-12-10-24(11-13-25)21-5-3-4-18(2)14-21/h3-9,14,19H,10-13,15-16H2,1-2H3/t19-/m0/s1. The molecule has 0 saturated carbocycles. The molecule has 1 atom stereocenters. The number of benzene rings is 2. The van der Waals surface area contributed by atoms with E-state index < -0.39 is 0 Å². The molecule has 2 aliphatic rings. The average Bonchev–Trinajstić information content (AvgIpc) is 3.10. The van der Waals surface area contributed by atoms with Crippen molar-refractivity contribution in [1.82, 2.24) is 4.90 Å². The van der Waals surface area contributed by atoms with Crippen molar-refractivity contribution in [3.05, 3.63) is 59.7 Å². The topological polar surface area (TPSA) is 43.9 Å². The summed E-state index contributed by atoms with van der Waals surface area (Å²) in [5, 5.41) is 0. The van der Waals surface area contributed by atoms with Gasteiger partial charge in [-0.05, 0) is 43.7 Å². The molecule has 0 spiro atoms. The fraction of sp³-hybridized carbons (Fsp3) is 0.391. The largest absolute Gasteiger partial charge is 0.368 e. The van der Waals surface area contributed by atoms with E-state index in [0.717, 1.165) is 24.3 Å². The number of hydrogen-bond donors (Lipinski definition) is 0. The molecule has 5 heteroatoms. The van der Waals surface area contributed by atoms with Crippen molar-refractivity contribution >= 4 is 23.2 Å². The zero-order valence-electron chi connectivity index (χ0n) is 16.6. The Labute approximate surface area is 166 Å². The molecule has 5 nitrogen and oxygen atoms in total. The van der Waals surface area contributed by atoms with Gasteiger partial charge in [0.2, 0.25) is 11.8 Å². The molecule has 0 aliphatic carbocycles. The van der Waals surface area contributed by atoms with Crippen LogP contribution in [0.2, 0.25) is 0 Å². The zero-order chi connectivity index (χ0) is 19.7. The zero-order valence-corrected chi connectivity index (χ0v) is 16.6. The summed E-state index contributed by atoms with van der Waals surface area (Å²) in [6.07, 6.45) is 0.310. The van der Waals surface area contributed by atoms with Crippen LogP contribution in [0.25, 0.3) is 0 Å². The van der Waals surface area contributed by atoms with Gasteiger partial charge in [-0.2, -0.15) is 0 Å². The molecule has 2 fully saturated rings. The minimum atomic E-state index is -0.237. The van der Waals surface area contributed by atoms with E-state index in [9.17, 15) is 9.59 Å². The van der Waals surface area contributed by atoms with E-state index in [1.54, 1.807) is 4.90 Å². The van der Waals surface area contributed by atoms with Gasteiger partial charge in [0.15, 0.2) is 0 Å². The van der Waals surface area contributed by atoms with E-state index in [0.29, 0.717) is 26.1 Å². The van der Waals surface area contributed by atoms with Gasteiger partial charge < -0.3 is 14.7 Å². The number of hydrogen-bond acceptors (Lipinski definition) is 3. The maximum absolute atomic E-state index is 13.0. The van der Waals surface area contributed by atoms with E-state index in [4.69, 9.17) is 0 Å². The first-order valence-corrected chi connectivity index (χ1v) is 9.99. The van der Waals surface area contributed by atoms with Crippen LogP contribution in [0.3, 0.4) is 0 Å². The van der Waals surface area contributed by atoms with Crippen LogP contribution in [-0.4, -0.2) is 49.4 Å². The van der Waals surface area contributed by atoms with E-state index in [1.807, 2.05) is 36.1 Å². The van der Waals surface area contributed by atoms with Crippen molar-refractivity contribution in [2.75, 3.05) is 42.5 Å². The molecule has 2 aliphatic heterocycles. The molecule has 2 aromatic rings. The number of rotatable bonds is 3. The quantitative estimate of drug-likeness (QED) is 0.826. The monoisotopic (exact) mass is 377 g/mol. The number of nitrogens with zero attached hydrogens (tertiary/aromatic N) is 3. The fourth-order valence-corrected chi connectivity index (χ4v) is 4.12. The van der Waals surface area contributed by atoms with Crippen molar-refractivity contribution in [1.29, 1.82) is 0 Å². The second-order valence-electron chi connectivity index (χ2n) is 7.89. The predicted molar refractivity (Wildman–Crippen MR) is 112 cm³/mol.